The third-order valence-electron chi connectivity index (χ3n) is 4.63. The van der Waals surface area contributed by atoms with Gasteiger partial charge in [0.25, 0.3) is 0 Å². The summed E-state index contributed by atoms with van der Waals surface area (Å²) in [6, 6.07) is 0.344. The molecule has 1 aliphatic rings. The van der Waals surface area contributed by atoms with E-state index < -0.39 is 0 Å². The molecule has 1 N–H and O–H groups in total. The first-order valence-electron chi connectivity index (χ1n) is 8.09. The van der Waals surface area contributed by atoms with Crippen LogP contribution in [0.4, 0.5) is 0 Å². The van der Waals surface area contributed by atoms with Crippen LogP contribution in [0, 0.1) is 6.92 Å². The SMILES string of the molecule is CCNC(Cc1c(Br)c(C)nn1C)C1(OCC)CCCC1. The monoisotopic (exact) mass is 357 g/mol. The van der Waals surface area contributed by atoms with Gasteiger partial charge in [-0.2, -0.15) is 5.10 Å². The van der Waals surface area contributed by atoms with Crippen molar-refractivity contribution in [2.24, 2.45) is 7.05 Å². The first kappa shape index (κ1) is 17.0. The Bertz CT molecular complexity index is 466. The van der Waals surface area contributed by atoms with Gasteiger partial charge in [0.1, 0.15) is 0 Å². The number of rotatable bonds is 7. The Balaban J connectivity index is 2.25. The van der Waals surface area contributed by atoms with Gasteiger partial charge in [-0.3, -0.25) is 4.68 Å². The van der Waals surface area contributed by atoms with Gasteiger partial charge in [-0.15, -0.1) is 0 Å². The number of nitrogens with one attached hydrogen (secondary N) is 1. The highest BCUT2D eigenvalue weighted by Gasteiger charge is 2.42. The van der Waals surface area contributed by atoms with Gasteiger partial charge < -0.3 is 10.1 Å². The fraction of sp³-hybridized carbons (Fsp3) is 0.812. The molecule has 1 fully saturated rings. The van der Waals surface area contributed by atoms with Crippen molar-refractivity contribution in [1.29, 1.82) is 0 Å². The third-order valence-corrected chi connectivity index (χ3v) is 5.66. The van der Waals surface area contributed by atoms with Crippen LogP contribution >= 0.6 is 15.9 Å². The zero-order chi connectivity index (χ0) is 15.5. The van der Waals surface area contributed by atoms with Crippen LogP contribution in [0.25, 0.3) is 0 Å². The van der Waals surface area contributed by atoms with Gasteiger partial charge in [-0.1, -0.05) is 19.8 Å². The second kappa shape index (κ2) is 7.25. The second-order valence-electron chi connectivity index (χ2n) is 5.99. The van der Waals surface area contributed by atoms with Gasteiger partial charge >= 0.3 is 0 Å². The van der Waals surface area contributed by atoms with Gasteiger partial charge in [-0.05, 0) is 49.2 Å². The highest BCUT2D eigenvalue weighted by Crippen LogP contribution is 2.38. The average molecular weight is 358 g/mol. The summed E-state index contributed by atoms with van der Waals surface area (Å²) in [5, 5.41) is 8.20. The van der Waals surface area contributed by atoms with Gasteiger partial charge in [0.15, 0.2) is 0 Å². The minimum atomic E-state index is -0.0115. The van der Waals surface area contributed by atoms with Gasteiger partial charge in [-0.25, -0.2) is 0 Å². The van der Waals surface area contributed by atoms with Crippen molar-refractivity contribution in [3.05, 3.63) is 15.9 Å². The zero-order valence-electron chi connectivity index (χ0n) is 13.7. The van der Waals surface area contributed by atoms with E-state index in [4.69, 9.17) is 4.74 Å². The van der Waals surface area contributed by atoms with Crippen LogP contribution in [0.15, 0.2) is 4.47 Å². The van der Waals surface area contributed by atoms with Crippen LogP contribution in [0.1, 0.15) is 50.9 Å². The normalized spacial score (nSPS) is 19.1. The van der Waals surface area contributed by atoms with Gasteiger partial charge in [0, 0.05) is 26.1 Å². The maximum absolute atomic E-state index is 6.26. The van der Waals surface area contributed by atoms with Crippen molar-refractivity contribution in [3.63, 3.8) is 0 Å². The van der Waals surface area contributed by atoms with E-state index in [1.807, 2.05) is 18.7 Å². The number of aromatic nitrogens is 2. The molecule has 0 radical (unpaired) electrons. The summed E-state index contributed by atoms with van der Waals surface area (Å²) in [5.41, 5.74) is 2.30. The van der Waals surface area contributed by atoms with E-state index in [-0.39, 0.29) is 5.60 Å². The smallest absolute Gasteiger partial charge is 0.0838 e. The van der Waals surface area contributed by atoms with E-state index >= 15 is 0 Å². The predicted molar refractivity (Wildman–Crippen MR) is 89.6 cm³/mol. The lowest BCUT2D eigenvalue weighted by Crippen LogP contribution is -2.52. The van der Waals surface area contributed by atoms with Crippen molar-refractivity contribution in [2.75, 3.05) is 13.2 Å². The highest BCUT2D eigenvalue weighted by molar-refractivity contribution is 9.10. The molecule has 4 nitrogen and oxygen atoms in total. The molecule has 0 bridgehead atoms. The van der Waals surface area contributed by atoms with Crippen molar-refractivity contribution in [2.45, 2.75) is 64.5 Å². The van der Waals surface area contributed by atoms with Gasteiger partial charge in [0.2, 0.25) is 0 Å². The van der Waals surface area contributed by atoms with Crippen LogP contribution in [-0.2, 0) is 18.2 Å². The molecule has 5 heteroatoms. The molecule has 1 aromatic rings. The third kappa shape index (κ3) is 3.51. The molecule has 0 saturated heterocycles. The lowest BCUT2D eigenvalue weighted by molar-refractivity contribution is -0.0613. The number of aryl methyl sites for hydroxylation is 2. The van der Waals surface area contributed by atoms with E-state index in [1.54, 1.807) is 0 Å². The zero-order valence-corrected chi connectivity index (χ0v) is 15.3. The molecule has 2 rings (SSSR count). The van der Waals surface area contributed by atoms with Crippen LogP contribution in [0.5, 0.6) is 0 Å². The lowest BCUT2D eigenvalue weighted by Gasteiger charge is -2.38. The van der Waals surface area contributed by atoms with E-state index in [0.29, 0.717) is 6.04 Å². The Morgan fingerprint density at radius 1 is 1.38 bits per heavy atom. The van der Waals surface area contributed by atoms with Crippen LogP contribution in [0.2, 0.25) is 0 Å². The molecule has 0 spiro atoms. The van der Waals surface area contributed by atoms with Gasteiger partial charge in [0.05, 0.1) is 21.5 Å². The summed E-state index contributed by atoms with van der Waals surface area (Å²) in [5.74, 6) is 0. The Morgan fingerprint density at radius 3 is 2.52 bits per heavy atom. The molecule has 1 aromatic heterocycles. The molecule has 21 heavy (non-hydrogen) atoms. The second-order valence-corrected chi connectivity index (χ2v) is 6.78. The van der Waals surface area contributed by atoms with E-state index in [9.17, 15) is 0 Å². The average Bonchev–Trinajstić information content (AvgIpc) is 3.00. The fourth-order valence-electron chi connectivity index (χ4n) is 3.64. The van der Waals surface area contributed by atoms with Crippen molar-refractivity contribution in [1.82, 2.24) is 15.1 Å². The molecule has 1 atom stereocenters. The summed E-state index contributed by atoms with van der Waals surface area (Å²) in [7, 11) is 2.03. The molecule has 1 heterocycles. The van der Waals surface area contributed by atoms with Crippen molar-refractivity contribution < 1.29 is 4.74 Å². The molecule has 0 aliphatic heterocycles. The summed E-state index contributed by atoms with van der Waals surface area (Å²) in [6.07, 6.45) is 5.81. The van der Waals surface area contributed by atoms with Crippen molar-refractivity contribution in [3.8, 4) is 0 Å². The molecular formula is C16H28BrN3O. The molecule has 1 aliphatic carbocycles. The quantitative estimate of drug-likeness (QED) is 0.812. The van der Waals surface area contributed by atoms with E-state index in [2.05, 4.69) is 40.2 Å². The predicted octanol–water partition coefficient (Wildman–Crippen LogP) is 3.36. The van der Waals surface area contributed by atoms with Crippen LogP contribution < -0.4 is 5.32 Å². The fourth-order valence-corrected chi connectivity index (χ4v) is 4.14. The Hall–Kier alpha value is -0.390. The first-order valence-corrected chi connectivity index (χ1v) is 8.88. The van der Waals surface area contributed by atoms with E-state index in [1.165, 1.54) is 18.5 Å². The summed E-state index contributed by atoms with van der Waals surface area (Å²) >= 11 is 3.69. The molecule has 120 valence electrons. The maximum Gasteiger partial charge on any atom is 0.0838 e. The Morgan fingerprint density at radius 2 is 2.05 bits per heavy atom. The van der Waals surface area contributed by atoms with Crippen LogP contribution in [0.3, 0.4) is 0 Å². The largest absolute Gasteiger partial charge is 0.374 e. The maximum atomic E-state index is 6.26. The minimum Gasteiger partial charge on any atom is -0.374 e. The minimum absolute atomic E-state index is 0.0115. The molecule has 0 amide bonds. The molecular weight excluding hydrogens is 330 g/mol. The summed E-state index contributed by atoms with van der Waals surface area (Å²) in [6.45, 7) is 8.07. The number of likely N-dealkylation sites (N-methyl/N-ethyl adjacent to an activating group) is 1. The number of hydrogen-bond acceptors (Lipinski definition) is 3. The molecule has 0 aromatic carbocycles. The molecule has 1 unspecified atom stereocenters. The Kier molecular flexibility index (Phi) is 5.86. The topological polar surface area (TPSA) is 39.1 Å². The standard InChI is InChI=1S/C16H28BrN3O/c1-5-18-14(16(21-6-2)9-7-8-10-16)11-13-15(17)12(3)19-20(13)4/h14,18H,5-11H2,1-4H3. The number of nitrogens with zero attached hydrogens (tertiary/aromatic N) is 2. The summed E-state index contributed by atoms with van der Waals surface area (Å²) in [4.78, 5) is 0. The number of hydrogen-bond donors (Lipinski definition) is 1. The first-order chi connectivity index (χ1) is 10.0. The van der Waals surface area contributed by atoms with E-state index in [0.717, 1.165) is 42.6 Å². The van der Waals surface area contributed by atoms with Crippen LogP contribution in [-0.4, -0.2) is 34.6 Å². The summed E-state index contributed by atoms with van der Waals surface area (Å²) < 4.78 is 9.39. The van der Waals surface area contributed by atoms with Crippen molar-refractivity contribution >= 4 is 15.9 Å². The highest BCUT2D eigenvalue weighted by atomic mass is 79.9. The molecule has 1 saturated carbocycles. The number of ether oxygens (including phenoxy) is 1. The Labute approximate surface area is 136 Å². The lowest BCUT2D eigenvalue weighted by atomic mass is 9.88. The number of halogens is 1.